The van der Waals surface area contributed by atoms with Crippen molar-refractivity contribution < 1.29 is 14.0 Å². The van der Waals surface area contributed by atoms with E-state index in [0.29, 0.717) is 10.4 Å². The summed E-state index contributed by atoms with van der Waals surface area (Å²) in [4.78, 5) is 27.0. The standard InChI is InChI=1S/C19H21FN2O2S/c1-13(15-5-2-3-6-16(15)20)22(14-8-9-14)18(23)10-11-21-19(24)17-7-4-12-25-17/h2-7,12-14H,8-11H2,1H3,(H,21,24). The van der Waals surface area contributed by atoms with Gasteiger partial charge in [0.15, 0.2) is 0 Å². The first-order valence-electron chi connectivity index (χ1n) is 8.45. The molecule has 1 aromatic heterocycles. The second-order valence-electron chi connectivity index (χ2n) is 6.21. The van der Waals surface area contributed by atoms with Gasteiger partial charge in [-0.1, -0.05) is 24.3 Å². The molecule has 0 bridgehead atoms. The Morgan fingerprint density at radius 3 is 2.68 bits per heavy atom. The minimum Gasteiger partial charge on any atom is -0.351 e. The number of hydrogen-bond acceptors (Lipinski definition) is 3. The highest BCUT2D eigenvalue weighted by molar-refractivity contribution is 7.12. The summed E-state index contributed by atoms with van der Waals surface area (Å²) in [7, 11) is 0. The van der Waals surface area contributed by atoms with E-state index >= 15 is 0 Å². The van der Waals surface area contributed by atoms with Crippen LogP contribution in [-0.2, 0) is 4.79 Å². The molecule has 1 N–H and O–H groups in total. The molecule has 0 radical (unpaired) electrons. The third-order valence-electron chi connectivity index (χ3n) is 4.37. The predicted molar refractivity (Wildman–Crippen MR) is 96.0 cm³/mol. The molecule has 1 saturated carbocycles. The van der Waals surface area contributed by atoms with E-state index in [4.69, 9.17) is 0 Å². The molecule has 0 spiro atoms. The van der Waals surface area contributed by atoms with Gasteiger partial charge in [0, 0.05) is 24.6 Å². The quantitative estimate of drug-likeness (QED) is 0.817. The number of nitrogens with zero attached hydrogens (tertiary/aromatic N) is 1. The van der Waals surface area contributed by atoms with Gasteiger partial charge in [0.2, 0.25) is 5.91 Å². The molecule has 1 fully saturated rings. The maximum absolute atomic E-state index is 14.1. The highest BCUT2D eigenvalue weighted by Gasteiger charge is 2.36. The second-order valence-corrected chi connectivity index (χ2v) is 7.16. The van der Waals surface area contributed by atoms with E-state index in [1.165, 1.54) is 17.4 Å². The lowest BCUT2D eigenvalue weighted by Gasteiger charge is -2.30. The van der Waals surface area contributed by atoms with Crippen molar-refractivity contribution in [2.45, 2.75) is 38.3 Å². The fraction of sp³-hybridized carbons (Fsp3) is 0.368. The monoisotopic (exact) mass is 360 g/mol. The fourth-order valence-electron chi connectivity index (χ4n) is 2.96. The van der Waals surface area contributed by atoms with Crippen molar-refractivity contribution in [1.29, 1.82) is 0 Å². The SMILES string of the molecule is CC(c1ccccc1F)N(C(=O)CCNC(=O)c1cccs1)C1CC1. The van der Waals surface area contributed by atoms with Crippen LogP contribution in [0.25, 0.3) is 0 Å². The normalized spacial score (nSPS) is 14.8. The summed E-state index contributed by atoms with van der Waals surface area (Å²) in [6.07, 6.45) is 2.12. The maximum Gasteiger partial charge on any atom is 0.261 e. The van der Waals surface area contributed by atoms with Crippen molar-refractivity contribution >= 4 is 23.2 Å². The Morgan fingerprint density at radius 1 is 1.28 bits per heavy atom. The minimum atomic E-state index is -0.311. The first-order valence-corrected chi connectivity index (χ1v) is 9.33. The van der Waals surface area contributed by atoms with Gasteiger partial charge >= 0.3 is 0 Å². The Kier molecular flexibility index (Phi) is 5.48. The van der Waals surface area contributed by atoms with Crippen LogP contribution in [0.5, 0.6) is 0 Å². The summed E-state index contributed by atoms with van der Waals surface area (Å²) in [5.74, 6) is -0.507. The smallest absolute Gasteiger partial charge is 0.261 e. The van der Waals surface area contributed by atoms with Crippen molar-refractivity contribution in [3.8, 4) is 0 Å². The van der Waals surface area contributed by atoms with Crippen LogP contribution in [0.4, 0.5) is 4.39 Å². The van der Waals surface area contributed by atoms with Crippen LogP contribution in [0.3, 0.4) is 0 Å². The molecule has 2 amide bonds. The summed E-state index contributed by atoms with van der Waals surface area (Å²) in [6.45, 7) is 2.14. The summed E-state index contributed by atoms with van der Waals surface area (Å²) in [5, 5.41) is 4.61. The summed E-state index contributed by atoms with van der Waals surface area (Å²) in [5.41, 5.74) is 0.533. The van der Waals surface area contributed by atoms with Crippen LogP contribution in [0.2, 0.25) is 0 Å². The lowest BCUT2D eigenvalue weighted by Crippen LogP contribution is -2.38. The molecule has 25 heavy (non-hydrogen) atoms. The van der Waals surface area contributed by atoms with Gasteiger partial charge in [-0.15, -0.1) is 11.3 Å². The zero-order chi connectivity index (χ0) is 17.8. The number of halogens is 1. The van der Waals surface area contributed by atoms with Gasteiger partial charge in [-0.2, -0.15) is 0 Å². The molecule has 0 saturated heterocycles. The van der Waals surface area contributed by atoms with E-state index in [1.807, 2.05) is 18.4 Å². The van der Waals surface area contributed by atoms with Gasteiger partial charge in [0.05, 0.1) is 10.9 Å². The number of amides is 2. The molecule has 0 aliphatic heterocycles. The van der Waals surface area contributed by atoms with Crippen molar-refractivity contribution in [3.63, 3.8) is 0 Å². The summed E-state index contributed by atoms with van der Waals surface area (Å²) >= 11 is 1.37. The van der Waals surface area contributed by atoms with E-state index in [1.54, 1.807) is 29.2 Å². The van der Waals surface area contributed by atoms with Gasteiger partial charge in [-0.3, -0.25) is 9.59 Å². The van der Waals surface area contributed by atoms with Crippen molar-refractivity contribution in [3.05, 3.63) is 58.0 Å². The van der Waals surface area contributed by atoms with Gasteiger partial charge in [0.25, 0.3) is 5.91 Å². The average Bonchev–Trinajstić information content (AvgIpc) is 3.26. The number of thiophene rings is 1. The Labute approximate surface area is 150 Å². The Morgan fingerprint density at radius 2 is 2.04 bits per heavy atom. The fourth-order valence-corrected chi connectivity index (χ4v) is 3.60. The molecule has 1 aliphatic rings. The van der Waals surface area contributed by atoms with E-state index in [-0.39, 0.29) is 42.7 Å². The Hall–Kier alpha value is -2.21. The Balaban J connectivity index is 1.60. The van der Waals surface area contributed by atoms with E-state index < -0.39 is 0 Å². The molecular formula is C19H21FN2O2S. The van der Waals surface area contributed by atoms with Crippen molar-refractivity contribution in [1.82, 2.24) is 10.2 Å². The number of carbonyl (C=O) groups excluding carboxylic acids is 2. The summed E-state index contributed by atoms with van der Waals surface area (Å²) < 4.78 is 14.1. The number of nitrogens with one attached hydrogen (secondary N) is 1. The molecule has 1 atom stereocenters. The van der Waals surface area contributed by atoms with Gasteiger partial charge < -0.3 is 10.2 Å². The van der Waals surface area contributed by atoms with Crippen LogP contribution in [0.1, 0.15) is 47.5 Å². The van der Waals surface area contributed by atoms with E-state index in [9.17, 15) is 14.0 Å². The average molecular weight is 360 g/mol. The zero-order valence-corrected chi connectivity index (χ0v) is 14.9. The molecule has 6 heteroatoms. The van der Waals surface area contributed by atoms with Crippen molar-refractivity contribution in [2.75, 3.05) is 6.54 Å². The molecule has 1 heterocycles. The van der Waals surface area contributed by atoms with E-state index in [0.717, 1.165) is 12.8 Å². The van der Waals surface area contributed by atoms with Crippen LogP contribution in [-0.4, -0.2) is 29.3 Å². The Bertz CT molecular complexity index is 744. The molecular weight excluding hydrogens is 339 g/mol. The van der Waals surface area contributed by atoms with Gasteiger partial charge in [-0.05, 0) is 37.3 Å². The number of benzene rings is 1. The molecule has 3 rings (SSSR count). The third-order valence-corrected chi connectivity index (χ3v) is 5.24. The molecule has 2 aromatic rings. The van der Waals surface area contributed by atoms with Crippen LogP contribution < -0.4 is 5.32 Å². The van der Waals surface area contributed by atoms with Crippen molar-refractivity contribution in [2.24, 2.45) is 0 Å². The largest absolute Gasteiger partial charge is 0.351 e. The molecule has 132 valence electrons. The van der Waals surface area contributed by atoms with Crippen LogP contribution >= 0.6 is 11.3 Å². The number of hydrogen-bond donors (Lipinski definition) is 1. The van der Waals surface area contributed by atoms with Crippen LogP contribution in [0.15, 0.2) is 41.8 Å². The highest BCUT2D eigenvalue weighted by Crippen LogP contribution is 2.35. The molecule has 1 aliphatic carbocycles. The van der Waals surface area contributed by atoms with Crippen LogP contribution in [0, 0.1) is 5.82 Å². The van der Waals surface area contributed by atoms with Gasteiger partial charge in [-0.25, -0.2) is 4.39 Å². The molecule has 1 aromatic carbocycles. The first kappa shape index (κ1) is 17.6. The first-order chi connectivity index (χ1) is 12.1. The number of rotatable bonds is 7. The molecule has 1 unspecified atom stereocenters. The second kappa shape index (κ2) is 7.78. The predicted octanol–water partition coefficient (Wildman–Crippen LogP) is 3.76. The topological polar surface area (TPSA) is 49.4 Å². The summed E-state index contributed by atoms with van der Waals surface area (Å²) in [6, 6.07) is 10.0. The highest BCUT2D eigenvalue weighted by atomic mass is 32.1. The van der Waals surface area contributed by atoms with E-state index in [2.05, 4.69) is 5.32 Å². The zero-order valence-electron chi connectivity index (χ0n) is 14.1. The lowest BCUT2D eigenvalue weighted by atomic mass is 10.1. The maximum atomic E-state index is 14.1. The number of carbonyl (C=O) groups is 2. The molecule has 4 nitrogen and oxygen atoms in total. The minimum absolute atomic E-state index is 0.0512. The lowest BCUT2D eigenvalue weighted by molar-refractivity contribution is -0.133. The van der Waals surface area contributed by atoms with Gasteiger partial charge in [0.1, 0.15) is 5.82 Å². The third kappa shape index (κ3) is 4.25.